The summed E-state index contributed by atoms with van der Waals surface area (Å²) in [5, 5.41) is 6.26. The predicted molar refractivity (Wildman–Crippen MR) is 98.8 cm³/mol. The van der Waals surface area contributed by atoms with Crippen molar-refractivity contribution in [3.63, 3.8) is 0 Å². The van der Waals surface area contributed by atoms with Crippen LogP contribution in [0.5, 0.6) is 5.75 Å². The molecule has 0 spiro atoms. The number of anilines is 2. The lowest BCUT2D eigenvalue weighted by molar-refractivity contribution is -0.115. The highest BCUT2D eigenvalue weighted by atomic mass is 16.5. The summed E-state index contributed by atoms with van der Waals surface area (Å²) in [4.78, 5) is 14.2. The summed E-state index contributed by atoms with van der Waals surface area (Å²) in [5.41, 5.74) is 2.80. The second-order valence-corrected chi connectivity index (χ2v) is 5.88. The maximum absolute atomic E-state index is 12.1. The Bertz CT molecular complexity index is 637. The second-order valence-electron chi connectivity index (χ2n) is 5.88. The number of benzene rings is 2. The molecule has 0 aliphatic carbocycles. The van der Waals surface area contributed by atoms with Crippen molar-refractivity contribution in [1.29, 1.82) is 0 Å². The number of methoxy groups -OCH3 is 1. The van der Waals surface area contributed by atoms with Gasteiger partial charge in [-0.2, -0.15) is 0 Å². The maximum Gasteiger partial charge on any atom is 0.228 e. The molecule has 24 heavy (non-hydrogen) atoms. The Morgan fingerprint density at radius 1 is 1.00 bits per heavy atom. The summed E-state index contributed by atoms with van der Waals surface area (Å²) in [5.74, 6) is 0.755. The van der Waals surface area contributed by atoms with E-state index in [-0.39, 0.29) is 5.91 Å². The van der Waals surface area contributed by atoms with E-state index >= 15 is 0 Å². The van der Waals surface area contributed by atoms with Crippen molar-refractivity contribution in [3.05, 3.63) is 54.1 Å². The molecule has 0 saturated carbocycles. The third-order valence-electron chi connectivity index (χ3n) is 3.58. The largest absolute Gasteiger partial charge is 0.497 e. The van der Waals surface area contributed by atoms with Crippen molar-refractivity contribution < 1.29 is 9.53 Å². The Labute approximate surface area is 143 Å². The van der Waals surface area contributed by atoms with Gasteiger partial charge in [0.2, 0.25) is 5.91 Å². The molecule has 128 valence electrons. The molecule has 0 heterocycles. The summed E-state index contributed by atoms with van der Waals surface area (Å²) in [6.45, 7) is 1.86. The lowest BCUT2D eigenvalue weighted by Gasteiger charge is -2.12. The molecule has 0 saturated heterocycles. The van der Waals surface area contributed by atoms with Gasteiger partial charge in [-0.15, -0.1) is 0 Å². The number of nitrogens with zero attached hydrogens (tertiary/aromatic N) is 1. The summed E-state index contributed by atoms with van der Waals surface area (Å²) >= 11 is 0. The zero-order chi connectivity index (χ0) is 17.4. The molecule has 2 aromatic carbocycles. The van der Waals surface area contributed by atoms with Crippen molar-refractivity contribution in [1.82, 2.24) is 4.90 Å². The Morgan fingerprint density at radius 3 is 2.21 bits per heavy atom. The zero-order valence-corrected chi connectivity index (χ0v) is 14.5. The molecular weight excluding hydrogens is 302 g/mol. The van der Waals surface area contributed by atoms with Crippen LogP contribution in [0, 0.1) is 0 Å². The number of carbonyl (C=O) groups excluding carboxylic acids is 1. The first-order valence-corrected chi connectivity index (χ1v) is 7.98. The molecule has 0 fully saturated rings. The maximum atomic E-state index is 12.1. The topological polar surface area (TPSA) is 53.6 Å². The summed E-state index contributed by atoms with van der Waals surface area (Å²) in [6.07, 6.45) is 0.340. The van der Waals surface area contributed by atoms with Gasteiger partial charge in [-0.05, 0) is 56.1 Å². The van der Waals surface area contributed by atoms with Crippen LogP contribution in [0.3, 0.4) is 0 Å². The molecule has 0 unspecified atom stereocenters. The van der Waals surface area contributed by atoms with Crippen LogP contribution in [0.25, 0.3) is 0 Å². The minimum absolute atomic E-state index is 0.0338. The molecule has 0 aliphatic rings. The van der Waals surface area contributed by atoms with E-state index in [9.17, 15) is 4.79 Å². The molecule has 0 bridgehead atoms. The third-order valence-corrected chi connectivity index (χ3v) is 3.58. The van der Waals surface area contributed by atoms with E-state index < -0.39 is 0 Å². The fourth-order valence-electron chi connectivity index (χ4n) is 2.23. The first-order valence-electron chi connectivity index (χ1n) is 7.98. The van der Waals surface area contributed by atoms with Gasteiger partial charge in [0, 0.05) is 24.5 Å². The number of nitrogens with one attached hydrogen (secondary N) is 2. The van der Waals surface area contributed by atoms with Crippen LogP contribution in [-0.4, -0.2) is 45.1 Å². The second kappa shape index (κ2) is 8.93. The van der Waals surface area contributed by atoms with Gasteiger partial charge in [0.05, 0.1) is 13.5 Å². The van der Waals surface area contributed by atoms with Gasteiger partial charge in [-0.3, -0.25) is 4.79 Å². The van der Waals surface area contributed by atoms with Gasteiger partial charge < -0.3 is 20.3 Å². The lowest BCUT2D eigenvalue weighted by Crippen LogP contribution is -2.20. The number of rotatable bonds is 8. The van der Waals surface area contributed by atoms with Crippen LogP contribution in [0.4, 0.5) is 11.4 Å². The number of likely N-dealkylation sites (N-methyl/N-ethyl adjacent to an activating group) is 1. The normalized spacial score (nSPS) is 10.5. The van der Waals surface area contributed by atoms with Crippen LogP contribution in [-0.2, 0) is 11.2 Å². The minimum Gasteiger partial charge on any atom is -0.497 e. The van der Waals surface area contributed by atoms with Crippen LogP contribution < -0.4 is 15.4 Å². The van der Waals surface area contributed by atoms with E-state index in [0.29, 0.717) is 6.42 Å². The van der Waals surface area contributed by atoms with Crippen LogP contribution in [0.1, 0.15) is 5.56 Å². The number of hydrogen-bond donors (Lipinski definition) is 2. The third kappa shape index (κ3) is 5.93. The zero-order valence-electron chi connectivity index (χ0n) is 14.5. The molecule has 2 rings (SSSR count). The van der Waals surface area contributed by atoms with Crippen LogP contribution in [0.15, 0.2) is 48.5 Å². The Balaban J connectivity index is 1.82. The molecule has 2 aromatic rings. The van der Waals surface area contributed by atoms with Crippen molar-refractivity contribution in [2.75, 3.05) is 44.9 Å². The fourth-order valence-corrected chi connectivity index (χ4v) is 2.23. The minimum atomic E-state index is -0.0338. The van der Waals surface area contributed by atoms with Gasteiger partial charge in [0.25, 0.3) is 0 Å². The molecule has 5 heteroatoms. The molecular formula is C19H25N3O2. The fraction of sp³-hybridized carbons (Fsp3) is 0.316. The highest BCUT2D eigenvalue weighted by Gasteiger charge is 2.04. The van der Waals surface area contributed by atoms with E-state index in [1.165, 1.54) is 0 Å². The Hall–Kier alpha value is -2.53. The summed E-state index contributed by atoms with van der Waals surface area (Å²) in [7, 11) is 5.72. The number of hydrogen-bond acceptors (Lipinski definition) is 4. The Kier molecular flexibility index (Phi) is 6.63. The Morgan fingerprint density at radius 2 is 1.62 bits per heavy atom. The quantitative estimate of drug-likeness (QED) is 0.783. The van der Waals surface area contributed by atoms with E-state index in [2.05, 4.69) is 15.5 Å². The molecule has 0 aliphatic heterocycles. The van der Waals surface area contributed by atoms with Gasteiger partial charge in [0.15, 0.2) is 0 Å². The van der Waals surface area contributed by atoms with Gasteiger partial charge >= 0.3 is 0 Å². The highest BCUT2D eigenvalue weighted by molar-refractivity contribution is 5.92. The lowest BCUT2D eigenvalue weighted by atomic mass is 10.1. The smallest absolute Gasteiger partial charge is 0.228 e. The van der Waals surface area contributed by atoms with E-state index in [1.807, 2.05) is 62.6 Å². The van der Waals surface area contributed by atoms with Crippen molar-refractivity contribution in [3.8, 4) is 5.75 Å². The van der Waals surface area contributed by atoms with E-state index in [0.717, 1.165) is 35.8 Å². The molecule has 0 radical (unpaired) electrons. The van der Waals surface area contributed by atoms with E-state index in [1.54, 1.807) is 7.11 Å². The first kappa shape index (κ1) is 17.8. The average Bonchev–Trinajstić information content (AvgIpc) is 2.57. The number of ether oxygens (including phenoxy) is 1. The number of amides is 1. The average molecular weight is 327 g/mol. The summed E-state index contributed by atoms with van der Waals surface area (Å²) < 4.78 is 5.11. The van der Waals surface area contributed by atoms with Crippen molar-refractivity contribution in [2.45, 2.75) is 6.42 Å². The monoisotopic (exact) mass is 327 g/mol. The standard InChI is InChI=1S/C19H25N3O2/c1-22(2)13-12-20-16-6-8-17(9-7-16)21-19(23)14-15-4-10-18(24-3)11-5-15/h4-11,20H,12-14H2,1-3H3,(H,21,23). The molecule has 0 aromatic heterocycles. The van der Waals surface area contributed by atoms with Gasteiger partial charge in [0.1, 0.15) is 5.75 Å². The van der Waals surface area contributed by atoms with Crippen molar-refractivity contribution in [2.24, 2.45) is 0 Å². The first-order chi connectivity index (χ1) is 11.6. The highest BCUT2D eigenvalue weighted by Crippen LogP contribution is 2.15. The van der Waals surface area contributed by atoms with Crippen molar-refractivity contribution >= 4 is 17.3 Å². The molecule has 2 N–H and O–H groups in total. The predicted octanol–water partition coefficient (Wildman–Crippen LogP) is 2.85. The molecule has 1 amide bonds. The van der Waals surface area contributed by atoms with Crippen LogP contribution >= 0.6 is 0 Å². The molecule has 0 atom stereocenters. The number of carbonyl (C=O) groups is 1. The SMILES string of the molecule is COc1ccc(CC(=O)Nc2ccc(NCCN(C)C)cc2)cc1. The molecule has 5 nitrogen and oxygen atoms in total. The van der Waals surface area contributed by atoms with Crippen LogP contribution in [0.2, 0.25) is 0 Å². The van der Waals surface area contributed by atoms with E-state index in [4.69, 9.17) is 4.74 Å². The van der Waals surface area contributed by atoms with Gasteiger partial charge in [-0.25, -0.2) is 0 Å². The van der Waals surface area contributed by atoms with Gasteiger partial charge in [-0.1, -0.05) is 12.1 Å². The summed E-state index contributed by atoms with van der Waals surface area (Å²) in [6, 6.07) is 15.3.